The van der Waals surface area contributed by atoms with Crippen LogP contribution in [-0.2, 0) is 11.2 Å². The van der Waals surface area contributed by atoms with Gasteiger partial charge in [0.15, 0.2) is 0 Å². The molecule has 0 heterocycles. The molecule has 0 aliphatic rings. The van der Waals surface area contributed by atoms with Crippen molar-refractivity contribution in [1.29, 1.82) is 0 Å². The summed E-state index contributed by atoms with van der Waals surface area (Å²) in [5.41, 5.74) is 6.30. The van der Waals surface area contributed by atoms with E-state index >= 15 is 0 Å². The average Bonchev–Trinajstić information content (AvgIpc) is 2.30. The number of amides is 1. The number of nitrogens with two attached hydrogens (primary N) is 1. The second kappa shape index (κ2) is 6.92. The summed E-state index contributed by atoms with van der Waals surface area (Å²) in [6.07, 6.45) is 0.887. The van der Waals surface area contributed by atoms with Crippen LogP contribution in [0.2, 0.25) is 10.0 Å². The van der Waals surface area contributed by atoms with Gasteiger partial charge in [0, 0.05) is 0 Å². The van der Waals surface area contributed by atoms with Crippen molar-refractivity contribution in [3.8, 4) is 0 Å². The topological polar surface area (TPSA) is 55.1 Å². The van der Waals surface area contributed by atoms with Crippen LogP contribution >= 0.6 is 35.4 Å². The van der Waals surface area contributed by atoms with Crippen LogP contribution in [0.15, 0.2) is 18.2 Å². The highest BCUT2D eigenvalue weighted by atomic mass is 35.5. The first-order valence-corrected chi connectivity index (χ1v) is 6.63. The molecule has 98 valence electrons. The molecular weight excluding hydrogens is 291 g/mol. The van der Waals surface area contributed by atoms with E-state index in [1.807, 2.05) is 6.92 Å². The van der Waals surface area contributed by atoms with E-state index in [-0.39, 0.29) is 18.4 Å². The third-order valence-electron chi connectivity index (χ3n) is 2.44. The van der Waals surface area contributed by atoms with Gasteiger partial charge in [-0.05, 0) is 24.1 Å². The summed E-state index contributed by atoms with van der Waals surface area (Å²) in [5.74, 6) is -0.145. The smallest absolute Gasteiger partial charge is 0.224 e. The fraction of sp³-hybridized carbons (Fsp3) is 0.333. The Hall–Kier alpha value is -0.840. The zero-order valence-electron chi connectivity index (χ0n) is 9.87. The molecule has 1 atom stereocenters. The van der Waals surface area contributed by atoms with E-state index in [2.05, 4.69) is 5.32 Å². The van der Waals surface area contributed by atoms with Crippen molar-refractivity contribution in [1.82, 2.24) is 5.32 Å². The lowest BCUT2D eigenvalue weighted by Gasteiger charge is -2.15. The molecule has 3 N–H and O–H groups in total. The number of carbonyl (C=O) groups excluding carboxylic acids is 1. The maximum Gasteiger partial charge on any atom is 0.224 e. The Labute approximate surface area is 122 Å². The molecule has 0 aliphatic carbocycles. The van der Waals surface area contributed by atoms with Crippen LogP contribution in [0.25, 0.3) is 0 Å². The third-order valence-corrected chi connectivity index (χ3v) is 3.46. The van der Waals surface area contributed by atoms with Crippen LogP contribution in [0.4, 0.5) is 0 Å². The highest BCUT2D eigenvalue weighted by Gasteiger charge is 2.13. The summed E-state index contributed by atoms with van der Waals surface area (Å²) in [7, 11) is 0. The highest BCUT2D eigenvalue weighted by Crippen LogP contribution is 2.22. The summed E-state index contributed by atoms with van der Waals surface area (Å²) >= 11 is 16.5. The molecule has 0 aromatic heterocycles. The average molecular weight is 305 g/mol. The molecule has 1 rings (SSSR count). The van der Waals surface area contributed by atoms with Gasteiger partial charge in [0.1, 0.15) is 0 Å². The predicted octanol–water partition coefficient (Wildman–Crippen LogP) is 2.72. The Bertz CT molecular complexity index is 465. The molecule has 0 aliphatic heterocycles. The van der Waals surface area contributed by atoms with Gasteiger partial charge in [-0.3, -0.25) is 4.79 Å². The van der Waals surface area contributed by atoms with E-state index in [4.69, 9.17) is 41.2 Å². The van der Waals surface area contributed by atoms with Gasteiger partial charge in [0.2, 0.25) is 5.91 Å². The SMILES string of the molecule is CCC(NC(=O)Cc1ccc(Cl)c(Cl)c1)C(N)=S. The van der Waals surface area contributed by atoms with Gasteiger partial charge in [-0.1, -0.05) is 48.4 Å². The van der Waals surface area contributed by atoms with Gasteiger partial charge in [0.25, 0.3) is 0 Å². The quantitative estimate of drug-likeness (QED) is 0.822. The number of nitrogens with one attached hydrogen (secondary N) is 1. The van der Waals surface area contributed by atoms with Crippen LogP contribution < -0.4 is 11.1 Å². The number of hydrogen-bond acceptors (Lipinski definition) is 2. The maximum atomic E-state index is 11.8. The standard InChI is InChI=1S/C12H14Cl2N2OS/c1-2-10(12(15)18)16-11(17)6-7-3-4-8(13)9(14)5-7/h3-5,10H,2,6H2,1H3,(H2,15,18)(H,16,17). The molecule has 1 aromatic rings. The third kappa shape index (κ3) is 4.44. The fourth-order valence-electron chi connectivity index (χ4n) is 1.45. The second-order valence-electron chi connectivity index (χ2n) is 3.86. The lowest BCUT2D eigenvalue weighted by atomic mass is 10.1. The van der Waals surface area contributed by atoms with Crippen LogP contribution in [0, 0.1) is 0 Å². The van der Waals surface area contributed by atoms with Crippen molar-refractivity contribution >= 4 is 46.3 Å². The molecule has 0 saturated carbocycles. The molecule has 0 radical (unpaired) electrons. The lowest BCUT2D eigenvalue weighted by molar-refractivity contribution is -0.120. The summed E-state index contributed by atoms with van der Waals surface area (Å²) in [6, 6.07) is 4.83. The van der Waals surface area contributed by atoms with Crippen LogP contribution in [0.3, 0.4) is 0 Å². The summed E-state index contributed by atoms with van der Waals surface area (Å²) < 4.78 is 0. The van der Waals surface area contributed by atoms with Crippen molar-refractivity contribution in [2.45, 2.75) is 25.8 Å². The van der Waals surface area contributed by atoms with E-state index in [1.165, 1.54) is 0 Å². The Morgan fingerprint density at radius 3 is 2.61 bits per heavy atom. The van der Waals surface area contributed by atoms with Gasteiger partial charge < -0.3 is 11.1 Å². The minimum absolute atomic E-state index is 0.145. The molecule has 0 bridgehead atoms. The predicted molar refractivity (Wildman–Crippen MR) is 79.2 cm³/mol. The van der Waals surface area contributed by atoms with E-state index in [0.717, 1.165) is 5.56 Å². The molecule has 1 amide bonds. The van der Waals surface area contributed by atoms with E-state index < -0.39 is 0 Å². The molecule has 0 fully saturated rings. The van der Waals surface area contributed by atoms with Crippen molar-refractivity contribution in [2.24, 2.45) is 5.73 Å². The van der Waals surface area contributed by atoms with Crippen molar-refractivity contribution in [3.63, 3.8) is 0 Å². The molecule has 18 heavy (non-hydrogen) atoms. The number of hydrogen-bond donors (Lipinski definition) is 2. The van der Waals surface area contributed by atoms with E-state index in [9.17, 15) is 4.79 Å². The van der Waals surface area contributed by atoms with E-state index in [1.54, 1.807) is 18.2 Å². The van der Waals surface area contributed by atoms with Gasteiger partial charge >= 0.3 is 0 Å². The minimum Gasteiger partial charge on any atom is -0.392 e. The van der Waals surface area contributed by atoms with Gasteiger partial charge in [-0.25, -0.2) is 0 Å². The number of thiocarbonyl (C=S) groups is 1. The Morgan fingerprint density at radius 2 is 2.11 bits per heavy atom. The van der Waals surface area contributed by atoms with Crippen LogP contribution in [0.1, 0.15) is 18.9 Å². The minimum atomic E-state index is -0.268. The van der Waals surface area contributed by atoms with Crippen molar-refractivity contribution in [2.75, 3.05) is 0 Å². The number of rotatable bonds is 5. The maximum absolute atomic E-state index is 11.8. The first-order chi connectivity index (χ1) is 8.43. The monoisotopic (exact) mass is 304 g/mol. The highest BCUT2D eigenvalue weighted by molar-refractivity contribution is 7.80. The second-order valence-corrected chi connectivity index (χ2v) is 5.14. The first kappa shape index (κ1) is 15.2. The van der Waals surface area contributed by atoms with Crippen molar-refractivity contribution < 1.29 is 4.79 Å². The molecular formula is C12H14Cl2N2OS. The summed E-state index contributed by atoms with van der Waals surface area (Å²) in [4.78, 5) is 12.1. The summed E-state index contributed by atoms with van der Waals surface area (Å²) in [6.45, 7) is 1.91. The number of carbonyl (C=O) groups is 1. The lowest BCUT2D eigenvalue weighted by Crippen LogP contribution is -2.43. The van der Waals surface area contributed by atoms with Gasteiger partial charge in [-0.2, -0.15) is 0 Å². The largest absolute Gasteiger partial charge is 0.392 e. The number of benzene rings is 1. The molecule has 1 unspecified atom stereocenters. The van der Waals surface area contributed by atoms with Gasteiger partial charge in [0.05, 0.1) is 27.5 Å². The molecule has 1 aromatic carbocycles. The van der Waals surface area contributed by atoms with E-state index in [0.29, 0.717) is 21.5 Å². The normalized spacial score (nSPS) is 11.9. The first-order valence-electron chi connectivity index (χ1n) is 5.46. The number of halogens is 2. The zero-order valence-corrected chi connectivity index (χ0v) is 12.2. The van der Waals surface area contributed by atoms with Crippen molar-refractivity contribution in [3.05, 3.63) is 33.8 Å². The molecule has 6 heteroatoms. The fourth-order valence-corrected chi connectivity index (χ4v) is 2.00. The molecule has 0 spiro atoms. The molecule has 0 saturated heterocycles. The molecule has 3 nitrogen and oxygen atoms in total. The van der Waals surface area contributed by atoms with Gasteiger partial charge in [-0.15, -0.1) is 0 Å². The summed E-state index contributed by atoms with van der Waals surface area (Å²) in [5, 5.41) is 3.67. The van der Waals surface area contributed by atoms with Crippen LogP contribution in [0.5, 0.6) is 0 Å². The Morgan fingerprint density at radius 1 is 1.44 bits per heavy atom. The zero-order chi connectivity index (χ0) is 13.7. The van der Waals surface area contributed by atoms with Crippen LogP contribution in [-0.4, -0.2) is 16.9 Å². The Kier molecular flexibility index (Phi) is 5.85. The Balaban J connectivity index is 2.64.